The molecule has 3 heterocycles. The highest BCUT2D eigenvalue weighted by Crippen LogP contribution is 2.36. The lowest BCUT2D eigenvalue weighted by atomic mass is 9.89. The third-order valence-corrected chi connectivity index (χ3v) is 6.28. The van der Waals surface area contributed by atoms with Crippen LogP contribution in [0.4, 0.5) is 5.69 Å². The van der Waals surface area contributed by atoms with Gasteiger partial charge in [0.1, 0.15) is 5.15 Å². The third-order valence-electron chi connectivity index (χ3n) is 6.05. The van der Waals surface area contributed by atoms with Gasteiger partial charge in [0.05, 0.1) is 22.3 Å². The van der Waals surface area contributed by atoms with Crippen molar-refractivity contribution in [3.63, 3.8) is 0 Å². The minimum Gasteiger partial charge on any atom is -0.391 e. The number of halogens is 1. The van der Waals surface area contributed by atoms with E-state index in [1.807, 2.05) is 30.3 Å². The molecule has 0 bridgehead atoms. The molecule has 0 saturated carbocycles. The zero-order valence-electron chi connectivity index (χ0n) is 16.3. The lowest BCUT2D eigenvalue weighted by Crippen LogP contribution is -2.47. The smallest absolute Gasteiger partial charge is 0.305 e. The number of piperidine rings is 1. The van der Waals surface area contributed by atoms with Gasteiger partial charge in [-0.25, -0.2) is 9.98 Å². The van der Waals surface area contributed by atoms with Crippen LogP contribution < -0.4 is 5.32 Å². The number of hydrogen-bond acceptors (Lipinski definition) is 5. The van der Waals surface area contributed by atoms with E-state index in [9.17, 15) is 10.0 Å². The number of fused-ring (bicyclic) bond motifs is 3. The first kappa shape index (κ1) is 19.3. The lowest BCUT2D eigenvalue weighted by molar-refractivity contribution is -0.519. The van der Waals surface area contributed by atoms with E-state index in [0.717, 1.165) is 38.8 Å². The molecule has 3 atom stereocenters. The number of nitrogens with one attached hydrogen (secondary N) is 1. The third kappa shape index (κ3) is 3.41. The van der Waals surface area contributed by atoms with Crippen molar-refractivity contribution in [1.82, 2.24) is 10.3 Å². The van der Waals surface area contributed by atoms with E-state index in [0.29, 0.717) is 30.2 Å². The summed E-state index contributed by atoms with van der Waals surface area (Å²) in [7, 11) is 0. The normalized spacial score (nSPS) is 23.5. The predicted molar refractivity (Wildman–Crippen MR) is 118 cm³/mol. The molecule has 6 nitrogen and oxygen atoms in total. The average Bonchev–Trinajstić information content (AvgIpc) is 2.77. The minimum atomic E-state index is -0.610. The fourth-order valence-electron chi connectivity index (χ4n) is 4.50. The van der Waals surface area contributed by atoms with Gasteiger partial charge in [0, 0.05) is 29.9 Å². The Hall–Kier alpha value is -2.67. The van der Waals surface area contributed by atoms with Gasteiger partial charge in [0.25, 0.3) is 5.69 Å². The Morgan fingerprint density at radius 3 is 2.80 bits per heavy atom. The van der Waals surface area contributed by atoms with Gasteiger partial charge in [-0.15, -0.1) is 0 Å². The summed E-state index contributed by atoms with van der Waals surface area (Å²) in [5.74, 6) is -0.191. The highest BCUT2D eigenvalue weighted by atomic mass is 35.5. The Morgan fingerprint density at radius 2 is 2.03 bits per heavy atom. The molecule has 2 N–H and O–H groups in total. The van der Waals surface area contributed by atoms with E-state index in [2.05, 4.69) is 21.4 Å². The van der Waals surface area contributed by atoms with Crippen LogP contribution in [-0.2, 0) is 6.42 Å². The maximum atomic E-state index is 13.4. The minimum absolute atomic E-state index is 0.191. The van der Waals surface area contributed by atoms with E-state index >= 15 is 0 Å². The van der Waals surface area contributed by atoms with Crippen molar-refractivity contribution in [2.75, 3.05) is 13.1 Å². The van der Waals surface area contributed by atoms with Gasteiger partial charge >= 0.3 is 6.17 Å². The first-order valence-corrected chi connectivity index (χ1v) is 10.5. The maximum Gasteiger partial charge on any atom is 0.305 e. The second kappa shape index (κ2) is 7.87. The quantitative estimate of drug-likeness (QED) is 0.500. The maximum absolute atomic E-state index is 13.4. The fourth-order valence-corrected chi connectivity index (χ4v) is 4.61. The highest BCUT2D eigenvalue weighted by molar-refractivity contribution is 6.29. The molecule has 1 unspecified atom stereocenters. The summed E-state index contributed by atoms with van der Waals surface area (Å²) in [6, 6.07) is 13.8. The molecule has 30 heavy (non-hydrogen) atoms. The molecule has 1 saturated heterocycles. The number of aromatic nitrogens is 1. The summed E-state index contributed by atoms with van der Waals surface area (Å²) >= 11 is 5.93. The standard InChI is InChI=1S/C23H22ClN4O2/c24-22-6-5-14(11-26-22)9-15-10-20-19(17-4-2-1-3-16(15)17)12-27-23(28(20)30)18-7-8-25-13-21(18)29/h1-6,10-12,18,21,23,25,29H,7-9,13H2/q+1/t18-,21-,23?/m0/s1. The molecule has 2 aromatic carbocycles. The molecule has 7 heteroatoms. The fraction of sp³-hybridized carbons (Fsp3) is 0.304. The van der Waals surface area contributed by atoms with Crippen LogP contribution in [-0.4, -0.2) is 46.4 Å². The van der Waals surface area contributed by atoms with Gasteiger partial charge in [0.2, 0.25) is 0 Å². The van der Waals surface area contributed by atoms with Gasteiger partial charge in [-0.2, -0.15) is 0 Å². The van der Waals surface area contributed by atoms with Crippen LogP contribution in [0.25, 0.3) is 10.8 Å². The summed E-state index contributed by atoms with van der Waals surface area (Å²) in [5.41, 5.74) is 3.51. The lowest BCUT2D eigenvalue weighted by Gasteiger charge is -2.29. The number of benzene rings is 2. The molecular formula is C23H22ClN4O2+. The van der Waals surface area contributed by atoms with Crippen LogP contribution in [0.1, 0.15) is 23.1 Å². The summed E-state index contributed by atoms with van der Waals surface area (Å²) in [6.45, 7) is 1.27. The molecule has 3 aromatic rings. The van der Waals surface area contributed by atoms with Gasteiger partial charge in [-0.1, -0.05) is 41.9 Å². The zero-order chi connectivity index (χ0) is 20.7. The highest BCUT2D eigenvalue weighted by Gasteiger charge is 2.44. The molecular weight excluding hydrogens is 400 g/mol. The number of aliphatic imine (C=N–C) groups is 1. The van der Waals surface area contributed by atoms with E-state index in [1.165, 1.54) is 0 Å². The SMILES string of the molecule is O=[N+]1c2cc(Cc3ccc(Cl)nc3)c3ccccc3c2C=NC1[C@H]1CCNC[C@@H]1O. The molecule has 0 radical (unpaired) electrons. The summed E-state index contributed by atoms with van der Waals surface area (Å²) < 4.78 is 0.991. The molecule has 5 rings (SSSR count). The molecule has 0 aliphatic carbocycles. The summed E-state index contributed by atoms with van der Waals surface area (Å²) in [5, 5.41) is 16.1. The van der Waals surface area contributed by atoms with E-state index in [-0.39, 0.29) is 5.92 Å². The second-order valence-corrected chi connectivity index (χ2v) is 8.31. The van der Waals surface area contributed by atoms with Gasteiger partial charge < -0.3 is 10.4 Å². The number of rotatable bonds is 3. The Bertz CT molecular complexity index is 1150. The number of pyridine rings is 1. The van der Waals surface area contributed by atoms with Gasteiger partial charge in [-0.05, 0) is 47.4 Å². The second-order valence-electron chi connectivity index (χ2n) is 7.92. The Balaban J connectivity index is 1.59. The largest absolute Gasteiger partial charge is 0.391 e. The zero-order valence-corrected chi connectivity index (χ0v) is 17.1. The van der Waals surface area contributed by atoms with Crippen LogP contribution >= 0.6 is 11.6 Å². The van der Waals surface area contributed by atoms with E-state index in [4.69, 9.17) is 11.6 Å². The Kier molecular flexibility index (Phi) is 5.06. The van der Waals surface area contributed by atoms with Crippen LogP contribution in [0.3, 0.4) is 0 Å². The number of β-amino-alcohol motifs (C(OH)–C–C–N with tert-alkyl or cyclic N) is 1. The van der Waals surface area contributed by atoms with Crippen LogP contribution in [0.5, 0.6) is 0 Å². The van der Waals surface area contributed by atoms with Gasteiger partial charge in [0.15, 0.2) is 0 Å². The Morgan fingerprint density at radius 1 is 1.20 bits per heavy atom. The van der Waals surface area contributed by atoms with Crippen LogP contribution in [0.15, 0.2) is 53.7 Å². The predicted octanol–water partition coefficient (Wildman–Crippen LogP) is 3.62. The first-order valence-electron chi connectivity index (χ1n) is 10.1. The van der Waals surface area contributed by atoms with Crippen LogP contribution in [0.2, 0.25) is 5.15 Å². The van der Waals surface area contributed by atoms with E-state index in [1.54, 1.807) is 18.5 Å². The van der Waals surface area contributed by atoms with Crippen molar-refractivity contribution in [2.24, 2.45) is 10.9 Å². The van der Waals surface area contributed by atoms with Crippen molar-refractivity contribution in [3.8, 4) is 0 Å². The first-order chi connectivity index (χ1) is 14.6. The van der Waals surface area contributed by atoms with Gasteiger partial charge in [-0.3, -0.25) is 0 Å². The van der Waals surface area contributed by atoms with E-state index < -0.39 is 12.3 Å². The number of aliphatic hydroxyl groups is 1. The van der Waals surface area contributed by atoms with Crippen molar-refractivity contribution >= 4 is 34.3 Å². The number of nitroso groups, excluding NO2 is 1. The molecule has 1 fully saturated rings. The topological polar surface area (TPSA) is 77.6 Å². The average molecular weight is 422 g/mol. The molecule has 2 aliphatic rings. The summed E-state index contributed by atoms with van der Waals surface area (Å²) in [6.07, 6.45) is 3.73. The summed E-state index contributed by atoms with van der Waals surface area (Å²) in [4.78, 5) is 22.1. The van der Waals surface area contributed by atoms with Crippen molar-refractivity contribution in [1.29, 1.82) is 0 Å². The van der Waals surface area contributed by atoms with Crippen molar-refractivity contribution in [3.05, 3.63) is 75.4 Å². The monoisotopic (exact) mass is 421 g/mol. The Labute approximate surface area is 179 Å². The number of hydrogen-bond donors (Lipinski definition) is 2. The number of nitrogens with zero attached hydrogens (tertiary/aromatic N) is 3. The molecule has 2 aliphatic heterocycles. The number of aliphatic hydroxyl groups excluding tert-OH is 1. The van der Waals surface area contributed by atoms with Crippen LogP contribution in [0, 0.1) is 10.8 Å². The van der Waals surface area contributed by atoms with Crippen molar-refractivity contribution in [2.45, 2.75) is 25.1 Å². The molecule has 0 spiro atoms. The molecule has 152 valence electrons. The molecule has 1 aromatic heterocycles. The molecule has 0 amide bonds. The van der Waals surface area contributed by atoms with Crippen molar-refractivity contribution < 1.29 is 9.87 Å².